The van der Waals surface area contributed by atoms with E-state index in [1.165, 1.54) is 6.07 Å². The smallest absolute Gasteiger partial charge is 0.130 e. The monoisotopic (exact) mass is 300 g/mol. The van der Waals surface area contributed by atoms with Gasteiger partial charge in [0.1, 0.15) is 11.5 Å². The van der Waals surface area contributed by atoms with Crippen LogP contribution >= 0.6 is 0 Å². The maximum absolute atomic E-state index is 14.1. The fraction of sp³-hybridized carbons (Fsp3) is 0.300. The zero-order valence-corrected chi connectivity index (χ0v) is 13.4. The average molecular weight is 300 g/mol. The van der Waals surface area contributed by atoms with Crippen molar-refractivity contribution in [2.75, 3.05) is 0 Å². The van der Waals surface area contributed by atoms with Crippen molar-refractivity contribution in [3.8, 4) is 0 Å². The second kappa shape index (κ2) is 6.43. The molecule has 0 bridgehead atoms. The first-order chi connectivity index (χ1) is 10.3. The number of rotatable bonds is 5. The third-order valence-corrected chi connectivity index (χ3v) is 3.74. The van der Waals surface area contributed by atoms with E-state index in [1.54, 1.807) is 26.0 Å². The summed E-state index contributed by atoms with van der Waals surface area (Å²) in [5.41, 5.74) is 3.17. The van der Waals surface area contributed by atoms with Crippen LogP contribution in [0.5, 0.6) is 0 Å². The Morgan fingerprint density at radius 3 is 2.23 bits per heavy atom. The van der Waals surface area contributed by atoms with Crippen LogP contribution in [0.4, 0.5) is 8.78 Å². The summed E-state index contributed by atoms with van der Waals surface area (Å²) in [6.45, 7) is 8.77. The molecular formula is C20H22F2. The molecule has 2 rings (SSSR count). The van der Waals surface area contributed by atoms with Crippen LogP contribution in [-0.2, 0) is 18.5 Å². The molecule has 0 saturated heterocycles. The molecule has 0 aliphatic rings. The largest absolute Gasteiger partial charge is 0.239 e. The number of hydrogen-bond donors (Lipinski definition) is 0. The Kier molecular flexibility index (Phi) is 4.80. The zero-order valence-electron chi connectivity index (χ0n) is 13.4. The molecule has 0 radical (unpaired) electrons. The second-order valence-corrected chi connectivity index (χ2v) is 6.28. The molecule has 0 N–H and O–H groups in total. The minimum absolute atomic E-state index is 0.248. The summed E-state index contributed by atoms with van der Waals surface area (Å²) in [5.74, 6) is -0.248. The van der Waals surface area contributed by atoms with E-state index in [0.717, 1.165) is 28.7 Å². The van der Waals surface area contributed by atoms with Crippen LogP contribution in [0.2, 0.25) is 0 Å². The SMILES string of the molecule is C=Cc1cc(F)cc(CCc2cc(C)cc(C(C)(C)F)c2)c1. The highest BCUT2D eigenvalue weighted by Gasteiger charge is 2.19. The first-order valence-electron chi connectivity index (χ1n) is 7.50. The molecule has 0 nitrogen and oxygen atoms in total. The molecule has 0 unspecified atom stereocenters. The van der Waals surface area contributed by atoms with Gasteiger partial charge < -0.3 is 0 Å². The Balaban J connectivity index is 2.20. The summed E-state index contributed by atoms with van der Waals surface area (Å²) >= 11 is 0. The molecule has 0 atom stereocenters. The van der Waals surface area contributed by atoms with Gasteiger partial charge in [0.05, 0.1) is 0 Å². The quantitative estimate of drug-likeness (QED) is 0.658. The van der Waals surface area contributed by atoms with E-state index in [9.17, 15) is 8.78 Å². The molecule has 0 aliphatic heterocycles. The molecule has 0 spiro atoms. The summed E-state index contributed by atoms with van der Waals surface area (Å²) in [6, 6.07) is 10.8. The third kappa shape index (κ3) is 4.27. The lowest BCUT2D eigenvalue weighted by atomic mass is 9.93. The molecule has 116 valence electrons. The van der Waals surface area contributed by atoms with Gasteiger partial charge >= 0.3 is 0 Å². The van der Waals surface area contributed by atoms with Crippen LogP contribution in [0.15, 0.2) is 43.0 Å². The number of benzene rings is 2. The lowest BCUT2D eigenvalue weighted by Crippen LogP contribution is -2.10. The van der Waals surface area contributed by atoms with Crippen molar-refractivity contribution in [2.45, 2.75) is 39.3 Å². The Hall–Kier alpha value is -1.96. The van der Waals surface area contributed by atoms with Gasteiger partial charge in [0.25, 0.3) is 0 Å². The first kappa shape index (κ1) is 16.4. The molecule has 2 aromatic carbocycles. The first-order valence-corrected chi connectivity index (χ1v) is 7.50. The molecule has 0 aliphatic carbocycles. The van der Waals surface area contributed by atoms with E-state index in [2.05, 4.69) is 12.6 Å². The van der Waals surface area contributed by atoms with Crippen LogP contribution in [-0.4, -0.2) is 0 Å². The minimum Gasteiger partial charge on any atom is -0.239 e. The van der Waals surface area contributed by atoms with Crippen molar-refractivity contribution in [1.29, 1.82) is 0 Å². The van der Waals surface area contributed by atoms with Gasteiger partial charge in [0.15, 0.2) is 0 Å². The molecule has 0 heterocycles. The number of aryl methyl sites for hydroxylation is 3. The lowest BCUT2D eigenvalue weighted by Gasteiger charge is -2.17. The predicted molar refractivity (Wildman–Crippen MR) is 89.2 cm³/mol. The molecule has 2 aromatic rings. The predicted octanol–water partition coefficient (Wildman–Crippen LogP) is 5.77. The van der Waals surface area contributed by atoms with Gasteiger partial charge in [0, 0.05) is 0 Å². The summed E-state index contributed by atoms with van der Waals surface area (Å²) in [4.78, 5) is 0. The van der Waals surface area contributed by atoms with Crippen LogP contribution in [0, 0.1) is 12.7 Å². The van der Waals surface area contributed by atoms with Gasteiger partial charge in [-0.25, -0.2) is 8.78 Å². The van der Waals surface area contributed by atoms with Crippen molar-refractivity contribution in [1.82, 2.24) is 0 Å². The Labute approximate surface area is 131 Å². The maximum Gasteiger partial charge on any atom is 0.130 e. The summed E-state index contributed by atoms with van der Waals surface area (Å²) in [7, 11) is 0. The van der Waals surface area contributed by atoms with Crippen LogP contribution in [0.3, 0.4) is 0 Å². The summed E-state index contributed by atoms with van der Waals surface area (Å²) < 4.78 is 27.7. The van der Waals surface area contributed by atoms with E-state index >= 15 is 0 Å². The molecule has 0 aromatic heterocycles. The van der Waals surface area contributed by atoms with Crippen molar-refractivity contribution < 1.29 is 8.78 Å². The van der Waals surface area contributed by atoms with E-state index in [4.69, 9.17) is 0 Å². The lowest BCUT2D eigenvalue weighted by molar-refractivity contribution is 0.221. The van der Waals surface area contributed by atoms with Crippen LogP contribution in [0.1, 0.15) is 41.7 Å². The summed E-state index contributed by atoms with van der Waals surface area (Å²) in [5, 5.41) is 0. The second-order valence-electron chi connectivity index (χ2n) is 6.28. The molecule has 0 saturated carbocycles. The highest BCUT2D eigenvalue weighted by atomic mass is 19.1. The average Bonchev–Trinajstić information content (AvgIpc) is 2.43. The van der Waals surface area contributed by atoms with Gasteiger partial charge in [-0.15, -0.1) is 0 Å². The van der Waals surface area contributed by atoms with E-state index in [-0.39, 0.29) is 5.82 Å². The number of halogens is 2. The molecule has 2 heteroatoms. The topological polar surface area (TPSA) is 0 Å². The fourth-order valence-electron chi connectivity index (χ4n) is 2.58. The van der Waals surface area contributed by atoms with Gasteiger partial charge in [-0.3, -0.25) is 0 Å². The zero-order chi connectivity index (χ0) is 16.3. The van der Waals surface area contributed by atoms with Gasteiger partial charge in [-0.2, -0.15) is 0 Å². The summed E-state index contributed by atoms with van der Waals surface area (Å²) in [6.07, 6.45) is 3.11. The maximum atomic E-state index is 14.1. The molecule has 0 fully saturated rings. The van der Waals surface area contributed by atoms with Crippen molar-refractivity contribution >= 4 is 6.08 Å². The number of alkyl halides is 1. The highest BCUT2D eigenvalue weighted by molar-refractivity contribution is 5.48. The molecular weight excluding hydrogens is 278 g/mol. The van der Waals surface area contributed by atoms with Gasteiger partial charge in [-0.1, -0.05) is 42.5 Å². The fourth-order valence-corrected chi connectivity index (χ4v) is 2.58. The van der Waals surface area contributed by atoms with Crippen molar-refractivity contribution in [3.05, 3.63) is 76.6 Å². The van der Waals surface area contributed by atoms with E-state index < -0.39 is 5.67 Å². The van der Waals surface area contributed by atoms with Crippen LogP contribution < -0.4 is 0 Å². The normalized spacial score (nSPS) is 11.5. The Bertz CT molecular complexity index is 679. The standard InChI is InChI=1S/C20H22F2/c1-5-15-10-17(13-19(21)12-15)7-6-16-8-14(2)9-18(11-16)20(3,4)22/h5,8-13H,1,6-7H2,2-4H3. The van der Waals surface area contributed by atoms with Gasteiger partial charge in [0.2, 0.25) is 0 Å². The Morgan fingerprint density at radius 1 is 1.00 bits per heavy atom. The highest BCUT2D eigenvalue weighted by Crippen LogP contribution is 2.27. The van der Waals surface area contributed by atoms with Crippen LogP contribution in [0.25, 0.3) is 6.08 Å². The third-order valence-electron chi connectivity index (χ3n) is 3.74. The van der Waals surface area contributed by atoms with E-state index in [1.807, 2.05) is 25.1 Å². The van der Waals surface area contributed by atoms with Crippen molar-refractivity contribution in [3.63, 3.8) is 0 Å². The molecule has 0 amide bonds. The van der Waals surface area contributed by atoms with Gasteiger partial charge in [-0.05, 0) is 68.0 Å². The Morgan fingerprint density at radius 2 is 1.64 bits per heavy atom. The van der Waals surface area contributed by atoms with Crippen molar-refractivity contribution in [2.24, 2.45) is 0 Å². The molecule has 22 heavy (non-hydrogen) atoms. The number of hydrogen-bond acceptors (Lipinski definition) is 0. The minimum atomic E-state index is -1.35. The van der Waals surface area contributed by atoms with E-state index in [0.29, 0.717) is 12.0 Å².